The van der Waals surface area contributed by atoms with Gasteiger partial charge in [0.15, 0.2) is 0 Å². The third-order valence-corrected chi connectivity index (χ3v) is 2.42. The lowest BCUT2D eigenvalue weighted by Crippen LogP contribution is -1.82. The van der Waals surface area contributed by atoms with Crippen molar-refractivity contribution in [1.29, 1.82) is 0 Å². The maximum absolute atomic E-state index is 5.51. The van der Waals surface area contributed by atoms with Gasteiger partial charge in [0.25, 0.3) is 0 Å². The van der Waals surface area contributed by atoms with Crippen molar-refractivity contribution in [2.45, 2.75) is 18.2 Å². The van der Waals surface area contributed by atoms with Gasteiger partial charge in [-0.1, -0.05) is 6.92 Å². The Balaban J connectivity index is 2.52. The molecule has 0 aliphatic carbocycles. The zero-order chi connectivity index (χ0) is 8.10. The molecule has 0 saturated carbocycles. The van der Waals surface area contributed by atoms with Crippen LogP contribution in [0.5, 0.6) is 0 Å². The van der Waals surface area contributed by atoms with Gasteiger partial charge in [-0.3, -0.25) is 0 Å². The predicted octanol–water partition coefficient (Wildman–Crippen LogP) is 2.63. The number of halogens is 1. The SMILES string of the molecule is CCCSc1cnc(Cl)nc1. The van der Waals surface area contributed by atoms with E-state index in [1.807, 2.05) is 0 Å². The smallest absolute Gasteiger partial charge is 0.222 e. The Morgan fingerprint density at radius 1 is 1.45 bits per heavy atom. The first-order valence-electron chi connectivity index (χ1n) is 3.43. The molecule has 11 heavy (non-hydrogen) atoms. The number of aromatic nitrogens is 2. The molecule has 0 aliphatic rings. The van der Waals surface area contributed by atoms with E-state index >= 15 is 0 Å². The maximum atomic E-state index is 5.51. The summed E-state index contributed by atoms with van der Waals surface area (Å²) in [6.45, 7) is 2.14. The molecule has 1 aromatic heterocycles. The quantitative estimate of drug-likeness (QED) is 0.539. The Morgan fingerprint density at radius 3 is 2.64 bits per heavy atom. The molecule has 0 bridgehead atoms. The summed E-state index contributed by atoms with van der Waals surface area (Å²) in [5, 5.41) is 0.311. The van der Waals surface area contributed by atoms with Crippen molar-refractivity contribution in [1.82, 2.24) is 9.97 Å². The minimum Gasteiger partial charge on any atom is -0.225 e. The fourth-order valence-corrected chi connectivity index (χ4v) is 1.39. The first kappa shape index (κ1) is 8.81. The summed E-state index contributed by atoms with van der Waals surface area (Å²) in [7, 11) is 0. The largest absolute Gasteiger partial charge is 0.225 e. The number of hydrogen-bond acceptors (Lipinski definition) is 3. The van der Waals surface area contributed by atoms with E-state index in [0.717, 1.165) is 17.1 Å². The first-order chi connectivity index (χ1) is 5.33. The highest BCUT2D eigenvalue weighted by Gasteiger charge is 1.93. The van der Waals surface area contributed by atoms with E-state index in [1.54, 1.807) is 24.2 Å². The van der Waals surface area contributed by atoms with Crippen molar-refractivity contribution in [2.24, 2.45) is 0 Å². The highest BCUT2D eigenvalue weighted by molar-refractivity contribution is 7.99. The molecule has 2 nitrogen and oxygen atoms in total. The molecule has 0 saturated heterocycles. The van der Waals surface area contributed by atoms with Crippen molar-refractivity contribution in [3.63, 3.8) is 0 Å². The second-order valence-corrected chi connectivity index (χ2v) is 3.54. The lowest BCUT2D eigenvalue weighted by molar-refractivity contribution is 1.08. The Hall–Kier alpha value is -0.280. The van der Waals surface area contributed by atoms with E-state index in [0.29, 0.717) is 5.28 Å². The summed E-state index contributed by atoms with van der Waals surface area (Å²) < 4.78 is 0. The monoisotopic (exact) mass is 188 g/mol. The van der Waals surface area contributed by atoms with Crippen LogP contribution in [-0.4, -0.2) is 15.7 Å². The van der Waals surface area contributed by atoms with Crippen LogP contribution in [0.1, 0.15) is 13.3 Å². The third kappa shape index (κ3) is 3.08. The standard InChI is InChI=1S/C7H9ClN2S/c1-2-3-11-6-4-9-7(8)10-5-6/h4-5H,2-3H2,1H3. The van der Waals surface area contributed by atoms with Crippen LogP contribution in [0.4, 0.5) is 0 Å². The van der Waals surface area contributed by atoms with Gasteiger partial charge >= 0.3 is 0 Å². The van der Waals surface area contributed by atoms with Crippen LogP contribution >= 0.6 is 23.4 Å². The lowest BCUT2D eigenvalue weighted by Gasteiger charge is -1.96. The minimum absolute atomic E-state index is 0.311. The summed E-state index contributed by atoms with van der Waals surface area (Å²) in [6, 6.07) is 0. The molecule has 0 amide bonds. The summed E-state index contributed by atoms with van der Waals surface area (Å²) >= 11 is 7.26. The van der Waals surface area contributed by atoms with Gasteiger partial charge in [-0.25, -0.2) is 9.97 Å². The van der Waals surface area contributed by atoms with Crippen LogP contribution in [0.15, 0.2) is 17.3 Å². The molecule has 0 aromatic carbocycles. The zero-order valence-electron chi connectivity index (χ0n) is 6.25. The van der Waals surface area contributed by atoms with Gasteiger partial charge in [0.2, 0.25) is 5.28 Å². The van der Waals surface area contributed by atoms with Gasteiger partial charge in [-0.15, -0.1) is 11.8 Å². The molecule has 60 valence electrons. The molecule has 4 heteroatoms. The second kappa shape index (κ2) is 4.57. The van der Waals surface area contributed by atoms with E-state index in [2.05, 4.69) is 16.9 Å². The molecule has 0 aliphatic heterocycles. The fourth-order valence-electron chi connectivity index (χ4n) is 0.595. The number of rotatable bonds is 3. The van der Waals surface area contributed by atoms with Gasteiger partial charge in [0, 0.05) is 17.3 Å². The molecule has 1 heterocycles. The minimum atomic E-state index is 0.311. The van der Waals surface area contributed by atoms with E-state index in [9.17, 15) is 0 Å². The number of hydrogen-bond donors (Lipinski definition) is 0. The molecule has 0 N–H and O–H groups in total. The van der Waals surface area contributed by atoms with E-state index in [-0.39, 0.29) is 0 Å². The van der Waals surface area contributed by atoms with Crippen LogP contribution in [-0.2, 0) is 0 Å². The number of thioether (sulfide) groups is 1. The van der Waals surface area contributed by atoms with Crippen molar-refractivity contribution in [3.05, 3.63) is 17.7 Å². The summed E-state index contributed by atoms with van der Waals surface area (Å²) in [5.41, 5.74) is 0. The van der Waals surface area contributed by atoms with E-state index in [1.165, 1.54) is 0 Å². The van der Waals surface area contributed by atoms with Gasteiger partial charge in [0.1, 0.15) is 0 Å². The molecular weight excluding hydrogens is 180 g/mol. The molecule has 0 spiro atoms. The summed E-state index contributed by atoms with van der Waals surface area (Å²) in [6.07, 6.45) is 4.65. The predicted molar refractivity (Wildman–Crippen MR) is 48.1 cm³/mol. The number of nitrogens with zero attached hydrogens (tertiary/aromatic N) is 2. The molecular formula is C7H9ClN2S. The molecule has 1 aromatic rings. The Bertz CT molecular complexity index is 212. The molecule has 0 unspecified atom stereocenters. The second-order valence-electron chi connectivity index (χ2n) is 2.04. The Kier molecular flexibility index (Phi) is 3.66. The highest BCUT2D eigenvalue weighted by Crippen LogP contribution is 2.16. The molecule has 0 fully saturated rings. The van der Waals surface area contributed by atoms with Crippen LogP contribution in [0.3, 0.4) is 0 Å². The van der Waals surface area contributed by atoms with Gasteiger partial charge in [-0.2, -0.15) is 0 Å². The van der Waals surface area contributed by atoms with Crippen LogP contribution in [0.2, 0.25) is 5.28 Å². The normalized spacial score (nSPS) is 10.0. The molecule has 1 rings (SSSR count). The van der Waals surface area contributed by atoms with Crippen molar-refractivity contribution >= 4 is 23.4 Å². The summed E-state index contributed by atoms with van der Waals surface area (Å²) in [4.78, 5) is 8.81. The van der Waals surface area contributed by atoms with E-state index in [4.69, 9.17) is 11.6 Å². The van der Waals surface area contributed by atoms with Gasteiger partial charge < -0.3 is 0 Å². The fraction of sp³-hybridized carbons (Fsp3) is 0.429. The third-order valence-electron chi connectivity index (χ3n) is 1.07. The van der Waals surface area contributed by atoms with Gasteiger partial charge in [-0.05, 0) is 23.8 Å². The Labute approximate surface area is 75.4 Å². The van der Waals surface area contributed by atoms with Crippen molar-refractivity contribution in [2.75, 3.05) is 5.75 Å². The lowest BCUT2D eigenvalue weighted by atomic mass is 10.6. The Morgan fingerprint density at radius 2 is 2.09 bits per heavy atom. The van der Waals surface area contributed by atoms with E-state index < -0.39 is 0 Å². The maximum Gasteiger partial charge on any atom is 0.222 e. The topological polar surface area (TPSA) is 25.8 Å². The van der Waals surface area contributed by atoms with Crippen LogP contribution < -0.4 is 0 Å². The first-order valence-corrected chi connectivity index (χ1v) is 4.79. The van der Waals surface area contributed by atoms with Crippen LogP contribution in [0.25, 0.3) is 0 Å². The molecule has 0 radical (unpaired) electrons. The zero-order valence-corrected chi connectivity index (χ0v) is 7.82. The van der Waals surface area contributed by atoms with Gasteiger partial charge in [0.05, 0.1) is 0 Å². The highest BCUT2D eigenvalue weighted by atomic mass is 35.5. The molecule has 0 atom stereocenters. The average molecular weight is 189 g/mol. The summed E-state index contributed by atoms with van der Waals surface area (Å²) in [5.74, 6) is 1.10. The van der Waals surface area contributed by atoms with Crippen molar-refractivity contribution in [3.8, 4) is 0 Å². The van der Waals surface area contributed by atoms with Crippen molar-refractivity contribution < 1.29 is 0 Å². The van der Waals surface area contributed by atoms with Crippen LogP contribution in [0, 0.1) is 0 Å². The average Bonchev–Trinajstić information content (AvgIpc) is 2.04.